The molecule has 0 atom stereocenters. The number of hydrogen-bond acceptors (Lipinski definition) is 4. The van der Waals surface area contributed by atoms with Gasteiger partial charge in [0.05, 0.1) is 34.1 Å². The largest absolute Gasteiger partial charge is 0.494 e. The zero-order valence-electron chi connectivity index (χ0n) is 13.6. The molecule has 0 heterocycles. The second kappa shape index (κ2) is 16.5. The van der Waals surface area contributed by atoms with Crippen molar-refractivity contribution in [2.45, 2.75) is 18.2 Å². The Kier molecular flexibility index (Phi) is 20.1. The minimum absolute atomic E-state index is 0. The zero-order chi connectivity index (χ0) is 15.1. The molecule has 150 valence electrons. The fourth-order valence-electron chi connectivity index (χ4n) is 1.55. The molecule has 0 aromatic heterocycles. The van der Waals surface area contributed by atoms with Gasteiger partial charge in [0.25, 0.3) is 0 Å². The number of carbonyl (C=O) groups is 1. The van der Waals surface area contributed by atoms with E-state index >= 15 is 0 Å². The van der Waals surface area contributed by atoms with Crippen LogP contribution in [-0.4, -0.2) is 12.6 Å². The second-order valence-corrected chi connectivity index (χ2v) is 5.44. The summed E-state index contributed by atoms with van der Waals surface area (Å²) in [6, 6.07) is 14.1. The molecule has 2 aromatic carbocycles. The van der Waals surface area contributed by atoms with Crippen molar-refractivity contribution in [1.82, 2.24) is 0 Å². The molecular weight excluding hydrogens is 403 g/mol. The van der Waals surface area contributed by atoms with Crippen LogP contribution in [0, 0.1) is 0 Å². The summed E-state index contributed by atoms with van der Waals surface area (Å²) in [5, 5.41) is 0.554. The Morgan fingerprint density at radius 2 is 1.54 bits per heavy atom. The molecule has 0 aliphatic carbocycles. The van der Waals surface area contributed by atoms with Gasteiger partial charge in [-0.3, -0.25) is 23.5 Å². The van der Waals surface area contributed by atoms with Crippen molar-refractivity contribution in [2.24, 2.45) is 0 Å². The minimum atomic E-state index is -0.415. The van der Waals surface area contributed by atoms with Gasteiger partial charge < -0.3 is 8.92 Å². The van der Waals surface area contributed by atoms with E-state index in [0.717, 1.165) is 24.2 Å². The van der Waals surface area contributed by atoms with E-state index in [2.05, 4.69) is 0 Å². The molecule has 0 bridgehead atoms. The summed E-state index contributed by atoms with van der Waals surface area (Å²) in [7, 11) is 0. The van der Waals surface area contributed by atoms with Crippen LogP contribution in [-0.2, 0) is 4.18 Å². The molecular formula is C16H20ClF5O3S. The van der Waals surface area contributed by atoms with Gasteiger partial charge >= 0.3 is 5.97 Å². The van der Waals surface area contributed by atoms with Gasteiger partial charge in [-0.05, 0) is 42.8 Å². The molecule has 2 rings (SSSR count). The van der Waals surface area contributed by atoms with Crippen molar-refractivity contribution in [2.75, 3.05) is 6.61 Å². The van der Waals surface area contributed by atoms with Crippen molar-refractivity contribution in [3.8, 4) is 5.75 Å². The van der Waals surface area contributed by atoms with E-state index < -0.39 is 5.97 Å². The lowest BCUT2D eigenvalue weighted by Gasteiger charge is -2.06. The maximum Gasteiger partial charge on any atom is 0.350 e. The Labute approximate surface area is 157 Å². The number of rotatable bonds is 6. The molecule has 0 aliphatic heterocycles. The summed E-state index contributed by atoms with van der Waals surface area (Å²) in [6.07, 6.45) is 0.943. The average molecular weight is 423 g/mol. The highest BCUT2D eigenvalue weighted by Gasteiger charge is 2.10. The number of hydrogen-bond donors (Lipinski definition) is 0. The van der Waals surface area contributed by atoms with E-state index in [0.29, 0.717) is 22.1 Å². The third-order valence-corrected chi connectivity index (χ3v) is 3.82. The summed E-state index contributed by atoms with van der Waals surface area (Å²) in [5.74, 6) is 0.328. The van der Waals surface area contributed by atoms with Crippen LogP contribution in [0.3, 0.4) is 0 Å². The molecule has 0 fully saturated rings. The lowest BCUT2D eigenvalue weighted by Crippen LogP contribution is -2.00. The maximum absolute atomic E-state index is 11.9. The molecule has 0 amide bonds. The van der Waals surface area contributed by atoms with Crippen LogP contribution >= 0.6 is 23.6 Å². The third kappa shape index (κ3) is 9.47. The molecule has 2 aromatic rings. The molecule has 10 heteroatoms. The van der Waals surface area contributed by atoms with Crippen LogP contribution < -0.4 is 4.74 Å². The van der Waals surface area contributed by atoms with E-state index in [1.165, 1.54) is 0 Å². The van der Waals surface area contributed by atoms with E-state index in [1.807, 2.05) is 19.1 Å². The molecule has 0 unspecified atom stereocenters. The highest BCUT2D eigenvalue weighted by molar-refractivity contribution is 7.95. The van der Waals surface area contributed by atoms with Crippen LogP contribution in [0.1, 0.15) is 23.7 Å². The lowest BCUT2D eigenvalue weighted by molar-refractivity contribution is 0.0768. The van der Waals surface area contributed by atoms with Gasteiger partial charge in [0.2, 0.25) is 0 Å². The van der Waals surface area contributed by atoms with Gasteiger partial charge in [0.1, 0.15) is 5.75 Å². The normalized spacial score (nSPS) is 8.23. The zero-order valence-corrected chi connectivity index (χ0v) is 15.2. The SMILES string of the molecule is CCCOc1ccc(C(=O)OSc2ccccc2Cl)cc1.F.F.F.F.F. The second-order valence-electron chi connectivity index (χ2n) is 4.26. The van der Waals surface area contributed by atoms with E-state index in [1.54, 1.807) is 36.4 Å². The quantitative estimate of drug-likeness (QED) is 0.438. The Balaban J connectivity index is -0.000000484. The monoisotopic (exact) mass is 422 g/mol. The van der Waals surface area contributed by atoms with Gasteiger partial charge in [-0.2, -0.15) is 0 Å². The molecule has 0 aliphatic rings. The van der Waals surface area contributed by atoms with E-state index in [9.17, 15) is 4.79 Å². The first kappa shape index (κ1) is 31.7. The smallest absolute Gasteiger partial charge is 0.350 e. The Bertz CT molecular complexity index is 617. The van der Waals surface area contributed by atoms with Gasteiger partial charge in [-0.15, -0.1) is 0 Å². The first-order valence-corrected chi connectivity index (χ1v) is 7.69. The summed E-state index contributed by atoms with van der Waals surface area (Å²) in [5.41, 5.74) is 0.471. The first-order valence-electron chi connectivity index (χ1n) is 6.57. The topological polar surface area (TPSA) is 35.5 Å². The van der Waals surface area contributed by atoms with Crippen molar-refractivity contribution < 1.29 is 37.2 Å². The Morgan fingerprint density at radius 3 is 2.08 bits per heavy atom. The van der Waals surface area contributed by atoms with Gasteiger partial charge in [0.15, 0.2) is 0 Å². The van der Waals surface area contributed by atoms with Crippen molar-refractivity contribution in [3.05, 3.63) is 59.1 Å². The number of halogens is 6. The molecule has 0 saturated heterocycles. The predicted octanol–water partition coefficient (Wildman–Crippen LogP) is 5.76. The Hall–Kier alpha value is -2.00. The van der Waals surface area contributed by atoms with Crippen LogP contribution in [0.15, 0.2) is 53.4 Å². The highest BCUT2D eigenvalue weighted by Crippen LogP contribution is 2.28. The predicted molar refractivity (Wildman–Crippen MR) is 97.5 cm³/mol. The van der Waals surface area contributed by atoms with Crippen LogP contribution in [0.5, 0.6) is 5.75 Å². The van der Waals surface area contributed by atoms with Crippen molar-refractivity contribution in [3.63, 3.8) is 0 Å². The number of ether oxygens (including phenoxy) is 1. The number of carbonyl (C=O) groups excluding carboxylic acids is 1. The fraction of sp³-hybridized carbons (Fsp3) is 0.188. The standard InChI is InChI=1S/C16H15ClO3S.5FH/c1-2-11-19-13-9-7-12(8-10-13)16(18)20-21-15-6-4-3-5-14(15)17;;;;;/h3-10H,2,11H2,1H3;5*1H. The van der Waals surface area contributed by atoms with E-state index in [4.69, 9.17) is 20.5 Å². The summed E-state index contributed by atoms with van der Waals surface area (Å²) in [4.78, 5) is 12.6. The molecule has 0 saturated carbocycles. The molecule has 26 heavy (non-hydrogen) atoms. The summed E-state index contributed by atoms with van der Waals surface area (Å²) < 4.78 is 10.6. The highest BCUT2D eigenvalue weighted by atomic mass is 35.5. The molecule has 0 radical (unpaired) electrons. The van der Waals surface area contributed by atoms with Gasteiger partial charge in [0, 0.05) is 0 Å². The van der Waals surface area contributed by atoms with Gasteiger partial charge in [-0.1, -0.05) is 30.7 Å². The maximum atomic E-state index is 11.9. The van der Waals surface area contributed by atoms with Crippen LogP contribution in [0.4, 0.5) is 23.5 Å². The average Bonchev–Trinajstić information content (AvgIpc) is 2.52. The van der Waals surface area contributed by atoms with Crippen LogP contribution in [0.25, 0.3) is 0 Å². The Morgan fingerprint density at radius 1 is 0.962 bits per heavy atom. The van der Waals surface area contributed by atoms with E-state index in [-0.39, 0.29) is 23.5 Å². The first-order chi connectivity index (χ1) is 10.2. The van der Waals surface area contributed by atoms with Crippen molar-refractivity contribution in [1.29, 1.82) is 0 Å². The minimum Gasteiger partial charge on any atom is -0.494 e. The third-order valence-electron chi connectivity index (χ3n) is 2.61. The lowest BCUT2D eigenvalue weighted by atomic mass is 10.2. The molecule has 0 N–H and O–H groups in total. The van der Waals surface area contributed by atoms with Crippen molar-refractivity contribution >= 4 is 29.6 Å². The molecule has 3 nitrogen and oxygen atoms in total. The van der Waals surface area contributed by atoms with Crippen LogP contribution in [0.2, 0.25) is 5.02 Å². The van der Waals surface area contributed by atoms with Gasteiger partial charge in [-0.25, -0.2) is 4.79 Å². The fourth-order valence-corrected chi connectivity index (χ4v) is 2.32. The summed E-state index contributed by atoms with van der Waals surface area (Å²) in [6.45, 7) is 2.70. The number of benzene rings is 2. The molecule has 0 spiro atoms. The summed E-state index contributed by atoms with van der Waals surface area (Å²) >= 11 is 6.95.